The minimum atomic E-state index is -3.71. The van der Waals surface area contributed by atoms with Gasteiger partial charge in [-0.15, -0.1) is 0 Å². The zero-order valence-corrected chi connectivity index (χ0v) is 15.7. The second kappa shape index (κ2) is 8.21. The van der Waals surface area contributed by atoms with Crippen LogP contribution in [0, 0.1) is 5.92 Å². The molecule has 1 heterocycles. The average Bonchev–Trinajstić information content (AvgIpc) is 2.68. The standard InChI is InChI=1S/C20H23NO5S/c22-13-16-10-11-21(12-18(16)23)20(24)17-8-4-5-9-19(17)27(25,26)14-15-6-2-1-3-7-15/h1-9,16,18,22-23H,10-14H2/t16-,18+/m1/s1. The summed E-state index contributed by atoms with van der Waals surface area (Å²) in [5, 5.41) is 19.3. The van der Waals surface area contributed by atoms with E-state index in [9.17, 15) is 23.4 Å². The van der Waals surface area contributed by atoms with Gasteiger partial charge in [0.05, 0.1) is 22.3 Å². The molecular weight excluding hydrogens is 366 g/mol. The van der Waals surface area contributed by atoms with E-state index in [1.807, 2.05) is 6.07 Å². The molecule has 1 aliphatic heterocycles. The van der Waals surface area contributed by atoms with E-state index < -0.39 is 21.8 Å². The van der Waals surface area contributed by atoms with Crippen molar-refractivity contribution >= 4 is 15.7 Å². The molecule has 0 saturated carbocycles. The lowest BCUT2D eigenvalue weighted by molar-refractivity contribution is 0.000739. The summed E-state index contributed by atoms with van der Waals surface area (Å²) in [6, 6.07) is 15.0. The van der Waals surface area contributed by atoms with Crippen LogP contribution in [-0.4, -0.2) is 55.2 Å². The van der Waals surface area contributed by atoms with Crippen molar-refractivity contribution in [2.75, 3.05) is 19.7 Å². The highest BCUT2D eigenvalue weighted by molar-refractivity contribution is 7.90. The van der Waals surface area contributed by atoms with Gasteiger partial charge in [0.25, 0.3) is 5.91 Å². The number of benzene rings is 2. The number of aliphatic hydroxyl groups is 2. The molecule has 1 amide bonds. The van der Waals surface area contributed by atoms with Crippen LogP contribution in [0.25, 0.3) is 0 Å². The van der Waals surface area contributed by atoms with Gasteiger partial charge in [-0.1, -0.05) is 42.5 Å². The first kappa shape index (κ1) is 19.5. The van der Waals surface area contributed by atoms with E-state index in [-0.39, 0.29) is 35.3 Å². The van der Waals surface area contributed by atoms with Crippen LogP contribution < -0.4 is 0 Å². The summed E-state index contributed by atoms with van der Waals surface area (Å²) in [6.07, 6.45) is -0.344. The Labute approximate surface area is 159 Å². The maximum Gasteiger partial charge on any atom is 0.255 e. The SMILES string of the molecule is O=C(c1ccccc1S(=O)(=O)Cc1ccccc1)N1CC[C@H](CO)[C@@H](O)C1. The number of β-amino-alcohol motifs (C(OH)–C–C–N with tert-alkyl or cyclic N) is 1. The molecule has 2 N–H and O–H groups in total. The summed E-state index contributed by atoms with van der Waals surface area (Å²) in [6.45, 7) is 0.316. The van der Waals surface area contributed by atoms with E-state index >= 15 is 0 Å². The Hall–Kier alpha value is -2.22. The highest BCUT2D eigenvalue weighted by Crippen LogP contribution is 2.24. The lowest BCUT2D eigenvalue weighted by Gasteiger charge is -2.35. The highest BCUT2D eigenvalue weighted by Gasteiger charge is 2.32. The monoisotopic (exact) mass is 389 g/mol. The fraction of sp³-hybridized carbons (Fsp3) is 0.350. The Bertz CT molecular complexity index is 898. The molecule has 0 unspecified atom stereocenters. The van der Waals surface area contributed by atoms with E-state index in [1.165, 1.54) is 17.0 Å². The topological polar surface area (TPSA) is 94.9 Å². The predicted molar refractivity (Wildman–Crippen MR) is 101 cm³/mol. The Morgan fingerprint density at radius 2 is 1.74 bits per heavy atom. The van der Waals surface area contributed by atoms with Crippen molar-refractivity contribution in [3.8, 4) is 0 Å². The minimum absolute atomic E-state index is 0.00220. The molecule has 0 aromatic heterocycles. The van der Waals surface area contributed by atoms with Gasteiger partial charge in [0.15, 0.2) is 9.84 Å². The zero-order valence-electron chi connectivity index (χ0n) is 14.9. The van der Waals surface area contributed by atoms with Gasteiger partial charge in [-0.25, -0.2) is 8.42 Å². The number of hydrogen-bond donors (Lipinski definition) is 2. The van der Waals surface area contributed by atoms with E-state index in [1.54, 1.807) is 36.4 Å². The van der Waals surface area contributed by atoms with Gasteiger partial charge >= 0.3 is 0 Å². The van der Waals surface area contributed by atoms with Crippen LogP contribution in [0.2, 0.25) is 0 Å². The first-order valence-electron chi connectivity index (χ1n) is 8.86. The number of sulfone groups is 1. The van der Waals surface area contributed by atoms with Crippen LogP contribution in [0.1, 0.15) is 22.3 Å². The minimum Gasteiger partial charge on any atom is -0.396 e. The maximum absolute atomic E-state index is 12.9. The van der Waals surface area contributed by atoms with Crippen molar-refractivity contribution < 1.29 is 23.4 Å². The smallest absolute Gasteiger partial charge is 0.255 e. The Morgan fingerprint density at radius 3 is 2.41 bits per heavy atom. The molecule has 0 spiro atoms. The summed E-state index contributed by atoms with van der Waals surface area (Å²) in [5.41, 5.74) is 0.766. The fourth-order valence-electron chi connectivity index (χ4n) is 3.33. The molecule has 1 fully saturated rings. The Kier molecular flexibility index (Phi) is 5.94. The normalized spacial score (nSPS) is 20.4. The summed E-state index contributed by atoms with van der Waals surface area (Å²) in [7, 11) is -3.71. The van der Waals surface area contributed by atoms with Crippen LogP contribution >= 0.6 is 0 Å². The molecular formula is C20H23NO5S. The van der Waals surface area contributed by atoms with Gasteiger partial charge in [0.2, 0.25) is 0 Å². The van der Waals surface area contributed by atoms with Gasteiger partial charge in [-0.2, -0.15) is 0 Å². The molecule has 6 nitrogen and oxygen atoms in total. The molecule has 27 heavy (non-hydrogen) atoms. The van der Waals surface area contributed by atoms with Crippen molar-refractivity contribution in [2.24, 2.45) is 5.92 Å². The lowest BCUT2D eigenvalue weighted by atomic mass is 9.94. The summed E-state index contributed by atoms with van der Waals surface area (Å²) in [4.78, 5) is 14.4. The average molecular weight is 389 g/mol. The Morgan fingerprint density at radius 1 is 1.07 bits per heavy atom. The predicted octanol–water partition coefficient (Wildman–Crippen LogP) is 1.48. The maximum atomic E-state index is 12.9. The zero-order chi connectivity index (χ0) is 19.4. The van der Waals surface area contributed by atoms with Gasteiger partial charge < -0.3 is 15.1 Å². The number of piperidine rings is 1. The number of hydrogen-bond acceptors (Lipinski definition) is 5. The van der Waals surface area contributed by atoms with Crippen molar-refractivity contribution in [1.82, 2.24) is 4.90 Å². The van der Waals surface area contributed by atoms with Crippen molar-refractivity contribution in [2.45, 2.75) is 23.2 Å². The van der Waals surface area contributed by atoms with Gasteiger partial charge in [0, 0.05) is 25.6 Å². The molecule has 1 saturated heterocycles. The van der Waals surface area contributed by atoms with E-state index in [0.717, 1.165) is 0 Å². The van der Waals surface area contributed by atoms with Crippen molar-refractivity contribution in [3.05, 3.63) is 65.7 Å². The summed E-state index contributed by atoms with van der Waals surface area (Å²) >= 11 is 0. The van der Waals surface area contributed by atoms with E-state index in [2.05, 4.69) is 0 Å². The third-order valence-electron chi connectivity index (χ3n) is 4.90. The number of rotatable bonds is 5. The van der Waals surface area contributed by atoms with Crippen LogP contribution in [-0.2, 0) is 15.6 Å². The fourth-order valence-corrected chi connectivity index (χ4v) is 4.90. The van der Waals surface area contributed by atoms with E-state index in [4.69, 9.17) is 0 Å². The van der Waals surface area contributed by atoms with E-state index in [0.29, 0.717) is 18.5 Å². The molecule has 3 rings (SSSR count). The molecule has 0 bridgehead atoms. The highest BCUT2D eigenvalue weighted by atomic mass is 32.2. The molecule has 7 heteroatoms. The number of amides is 1. The first-order valence-corrected chi connectivity index (χ1v) is 10.5. The molecule has 144 valence electrons. The molecule has 1 aliphatic rings. The van der Waals surface area contributed by atoms with Gasteiger partial charge in [-0.3, -0.25) is 4.79 Å². The van der Waals surface area contributed by atoms with Crippen molar-refractivity contribution in [1.29, 1.82) is 0 Å². The first-order chi connectivity index (χ1) is 12.9. The Balaban J connectivity index is 1.87. The quantitative estimate of drug-likeness (QED) is 0.808. The van der Waals surface area contributed by atoms with Crippen molar-refractivity contribution in [3.63, 3.8) is 0 Å². The van der Waals surface area contributed by atoms with Gasteiger partial charge in [-0.05, 0) is 24.1 Å². The van der Waals surface area contributed by atoms with Crippen LogP contribution in [0.5, 0.6) is 0 Å². The molecule has 0 radical (unpaired) electrons. The summed E-state index contributed by atoms with van der Waals surface area (Å²) in [5.74, 6) is -0.864. The summed E-state index contributed by atoms with van der Waals surface area (Å²) < 4.78 is 25.8. The second-order valence-electron chi connectivity index (χ2n) is 6.79. The molecule has 0 aliphatic carbocycles. The number of carbonyl (C=O) groups is 1. The van der Waals surface area contributed by atoms with Crippen LogP contribution in [0.4, 0.5) is 0 Å². The molecule has 2 aromatic rings. The van der Waals surface area contributed by atoms with Crippen LogP contribution in [0.15, 0.2) is 59.5 Å². The number of likely N-dealkylation sites (tertiary alicyclic amines) is 1. The molecule has 2 aromatic carbocycles. The third kappa shape index (κ3) is 4.37. The van der Waals surface area contributed by atoms with Gasteiger partial charge in [0.1, 0.15) is 0 Å². The second-order valence-corrected chi connectivity index (χ2v) is 8.75. The third-order valence-corrected chi connectivity index (χ3v) is 6.63. The largest absolute Gasteiger partial charge is 0.396 e. The lowest BCUT2D eigenvalue weighted by Crippen LogP contribution is -2.47. The molecule has 2 atom stereocenters. The number of aliphatic hydroxyl groups excluding tert-OH is 2. The number of nitrogens with zero attached hydrogens (tertiary/aromatic N) is 1. The number of carbonyl (C=O) groups excluding carboxylic acids is 1. The van der Waals surface area contributed by atoms with Crippen LogP contribution in [0.3, 0.4) is 0 Å².